The van der Waals surface area contributed by atoms with Gasteiger partial charge < -0.3 is 20.1 Å². The number of carbonyl (C=O) groups excluding carboxylic acids is 2. The fourth-order valence-electron chi connectivity index (χ4n) is 6.22. The molecule has 2 N–H and O–H groups in total. The molecule has 2 aliphatic carbocycles. The molecule has 1 unspecified atom stereocenters. The zero-order valence-electron chi connectivity index (χ0n) is 19.8. The Bertz CT molecular complexity index is 1070. The molecule has 2 aromatic rings. The van der Waals surface area contributed by atoms with E-state index in [-0.39, 0.29) is 42.7 Å². The van der Waals surface area contributed by atoms with E-state index in [1.807, 2.05) is 24.3 Å². The van der Waals surface area contributed by atoms with Gasteiger partial charge in [0, 0.05) is 31.0 Å². The second kappa shape index (κ2) is 10.1. The van der Waals surface area contributed by atoms with Crippen LogP contribution in [0.4, 0.5) is 4.79 Å². The van der Waals surface area contributed by atoms with E-state index in [1.54, 1.807) is 4.90 Å². The molecule has 0 radical (unpaired) electrons. The van der Waals surface area contributed by atoms with Gasteiger partial charge in [-0.2, -0.15) is 0 Å². The highest BCUT2D eigenvalue weighted by Crippen LogP contribution is 2.44. The summed E-state index contributed by atoms with van der Waals surface area (Å²) in [5, 5.41) is 12.1. The lowest BCUT2D eigenvalue weighted by molar-refractivity contribution is -0.141. The van der Waals surface area contributed by atoms with Crippen molar-refractivity contribution >= 4 is 18.0 Å². The number of hydrogen-bond donors (Lipinski definition) is 2. The smallest absolute Gasteiger partial charge is 0.407 e. The topological polar surface area (TPSA) is 95.9 Å². The maximum Gasteiger partial charge on any atom is 0.407 e. The standard InChI is InChI=1S/C28H32N2O5/c31-26(32)15-19-8-6-14-30(19)27(33)20-13-5-7-18(20)16-29-28(34)35-17-25-23-11-3-1-9-21(23)22-10-2-4-12-24(22)25/h1-4,9-12,18-20,25H,5-8,13-17H2,(H,29,34)(H,31,32)/t18-,19?,20-/m1/s1. The Morgan fingerprint density at radius 1 is 0.943 bits per heavy atom. The molecule has 2 aromatic carbocycles. The van der Waals surface area contributed by atoms with E-state index in [0.29, 0.717) is 13.1 Å². The highest BCUT2D eigenvalue weighted by molar-refractivity contribution is 5.81. The monoisotopic (exact) mass is 476 g/mol. The molecule has 184 valence electrons. The molecule has 7 nitrogen and oxygen atoms in total. The Kier molecular flexibility index (Phi) is 6.75. The van der Waals surface area contributed by atoms with E-state index in [1.165, 1.54) is 22.3 Å². The Hall–Kier alpha value is -3.35. The van der Waals surface area contributed by atoms with Crippen LogP contribution in [0.3, 0.4) is 0 Å². The molecular weight excluding hydrogens is 444 g/mol. The van der Waals surface area contributed by atoms with E-state index in [2.05, 4.69) is 29.6 Å². The number of hydrogen-bond acceptors (Lipinski definition) is 4. The number of carbonyl (C=O) groups is 3. The first-order chi connectivity index (χ1) is 17.0. The lowest BCUT2D eigenvalue weighted by Gasteiger charge is -2.29. The van der Waals surface area contributed by atoms with Crippen LogP contribution in [0.15, 0.2) is 48.5 Å². The van der Waals surface area contributed by atoms with Crippen molar-refractivity contribution in [1.82, 2.24) is 10.2 Å². The number of nitrogens with zero attached hydrogens (tertiary/aromatic N) is 1. The van der Waals surface area contributed by atoms with Crippen LogP contribution in [-0.4, -0.2) is 53.7 Å². The number of carboxylic acid groups (broad SMARTS) is 1. The van der Waals surface area contributed by atoms with Crippen LogP contribution in [0.1, 0.15) is 55.6 Å². The summed E-state index contributed by atoms with van der Waals surface area (Å²) in [5.74, 6) is -0.928. The Labute approximate surface area is 205 Å². The van der Waals surface area contributed by atoms with Gasteiger partial charge in [-0.05, 0) is 53.9 Å². The average Bonchev–Trinajstić information content (AvgIpc) is 3.58. The predicted molar refractivity (Wildman–Crippen MR) is 131 cm³/mol. The van der Waals surface area contributed by atoms with Crippen molar-refractivity contribution in [2.75, 3.05) is 19.7 Å². The Morgan fingerprint density at radius 2 is 1.63 bits per heavy atom. The van der Waals surface area contributed by atoms with Gasteiger partial charge in [0.05, 0.1) is 6.42 Å². The van der Waals surface area contributed by atoms with E-state index in [0.717, 1.165) is 32.1 Å². The van der Waals surface area contributed by atoms with Gasteiger partial charge in [0.1, 0.15) is 6.61 Å². The maximum absolute atomic E-state index is 13.2. The van der Waals surface area contributed by atoms with Gasteiger partial charge in [-0.1, -0.05) is 55.0 Å². The lowest BCUT2D eigenvalue weighted by atomic mass is 9.94. The molecule has 2 amide bonds. The fourth-order valence-corrected chi connectivity index (χ4v) is 6.22. The van der Waals surface area contributed by atoms with Crippen molar-refractivity contribution < 1.29 is 24.2 Å². The van der Waals surface area contributed by atoms with Crippen LogP contribution in [0, 0.1) is 11.8 Å². The van der Waals surface area contributed by atoms with E-state index in [9.17, 15) is 19.5 Å². The maximum atomic E-state index is 13.2. The molecule has 35 heavy (non-hydrogen) atoms. The van der Waals surface area contributed by atoms with E-state index < -0.39 is 12.1 Å². The molecule has 3 aliphatic rings. The molecule has 3 atom stereocenters. The number of alkyl carbamates (subject to hydrolysis) is 1. The quantitative estimate of drug-likeness (QED) is 0.617. The van der Waals surface area contributed by atoms with Crippen LogP contribution in [0.25, 0.3) is 11.1 Å². The highest BCUT2D eigenvalue weighted by Gasteiger charge is 2.40. The van der Waals surface area contributed by atoms with Gasteiger partial charge in [-0.3, -0.25) is 9.59 Å². The molecule has 0 spiro atoms. The molecule has 2 fully saturated rings. The molecule has 1 saturated carbocycles. The Balaban J connectivity index is 1.16. The molecule has 1 aliphatic heterocycles. The molecule has 5 rings (SSSR count). The number of carboxylic acids is 1. The zero-order chi connectivity index (χ0) is 24.4. The van der Waals surface area contributed by atoms with Crippen LogP contribution >= 0.6 is 0 Å². The van der Waals surface area contributed by atoms with Crippen LogP contribution in [-0.2, 0) is 14.3 Å². The molecule has 1 saturated heterocycles. The number of nitrogens with one attached hydrogen (secondary N) is 1. The summed E-state index contributed by atoms with van der Waals surface area (Å²) in [4.78, 5) is 38.8. The summed E-state index contributed by atoms with van der Waals surface area (Å²) in [7, 11) is 0. The van der Waals surface area contributed by atoms with Crippen molar-refractivity contribution in [3.63, 3.8) is 0 Å². The van der Waals surface area contributed by atoms with Gasteiger partial charge in [0.2, 0.25) is 5.91 Å². The minimum absolute atomic E-state index is 0.00112. The van der Waals surface area contributed by atoms with Gasteiger partial charge >= 0.3 is 12.1 Å². The number of amides is 2. The number of fused-ring (bicyclic) bond motifs is 3. The molecular formula is C28H32N2O5. The number of ether oxygens (including phenoxy) is 1. The molecule has 7 heteroatoms. The number of aliphatic carboxylic acids is 1. The molecule has 1 heterocycles. The summed E-state index contributed by atoms with van der Waals surface area (Å²) in [6.07, 6.45) is 3.72. The second-order valence-corrected chi connectivity index (χ2v) is 9.93. The first-order valence-electron chi connectivity index (χ1n) is 12.6. The molecule has 0 aromatic heterocycles. The van der Waals surface area contributed by atoms with Crippen LogP contribution < -0.4 is 5.32 Å². The number of benzene rings is 2. The van der Waals surface area contributed by atoms with Crippen molar-refractivity contribution in [3.05, 3.63) is 59.7 Å². The van der Waals surface area contributed by atoms with E-state index >= 15 is 0 Å². The molecule has 0 bridgehead atoms. The van der Waals surface area contributed by atoms with Gasteiger partial charge in [0.15, 0.2) is 0 Å². The summed E-state index contributed by atoms with van der Waals surface area (Å²) >= 11 is 0. The van der Waals surface area contributed by atoms with Gasteiger partial charge in [0.25, 0.3) is 0 Å². The lowest BCUT2D eigenvalue weighted by Crippen LogP contribution is -2.43. The summed E-state index contributed by atoms with van der Waals surface area (Å²) < 4.78 is 5.65. The Morgan fingerprint density at radius 3 is 2.31 bits per heavy atom. The van der Waals surface area contributed by atoms with Crippen molar-refractivity contribution in [2.45, 2.75) is 50.5 Å². The number of rotatable bonds is 7. The third-order valence-electron chi connectivity index (χ3n) is 7.90. The SMILES string of the molecule is O=C(O)CC1CCCN1C(=O)[C@@H]1CCC[C@@H]1CNC(=O)OCC1c2ccccc2-c2ccccc21. The largest absolute Gasteiger partial charge is 0.481 e. The van der Waals surface area contributed by atoms with Crippen molar-refractivity contribution in [2.24, 2.45) is 11.8 Å². The second-order valence-electron chi connectivity index (χ2n) is 9.93. The predicted octanol–water partition coefficient (Wildman–Crippen LogP) is 4.41. The number of likely N-dealkylation sites (tertiary alicyclic amines) is 1. The van der Waals surface area contributed by atoms with Crippen LogP contribution in [0.2, 0.25) is 0 Å². The minimum atomic E-state index is -0.866. The summed E-state index contributed by atoms with van der Waals surface area (Å²) in [6, 6.07) is 16.2. The fraction of sp³-hybridized carbons (Fsp3) is 0.464. The first-order valence-corrected chi connectivity index (χ1v) is 12.6. The first kappa shape index (κ1) is 23.4. The normalized spacial score (nSPS) is 23.1. The van der Waals surface area contributed by atoms with Crippen LogP contribution in [0.5, 0.6) is 0 Å². The third kappa shape index (κ3) is 4.77. The van der Waals surface area contributed by atoms with Gasteiger partial charge in [-0.15, -0.1) is 0 Å². The van der Waals surface area contributed by atoms with Crippen molar-refractivity contribution in [3.8, 4) is 11.1 Å². The van der Waals surface area contributed by atoms with Crippen molar-refractivity contribution in [1.29, 1.82) is 0 Å². The highest BCUT2D eigenvalue weighted by atomic mass is 16.5. The third-order valence-corrected chi connectivity index (χ3v) is 7.90. The summed E-state index contributed by atoms with van der Waals surface area (Å²) in [5.41, 5.74) is 4.72. The average molecular weight is 477 g/mol. The summed E-state index contributed by atoms with van der Waals surface area (Å²) in [6.45, 7) is 1.28. The van der Waals surface area contributed by atoms with E-state index in [4.69, 9.17) is 4.74 Å². The minimum Gasteiger partial charge on any atom is -0.481 e. The van der Waals surface area contributed by atoms with Gasteiger partial charge in [-0.25, -0.2) is 4.79 Å². The zero-order valence-corrected chi connectivity index (χ0v) is 19.8.